The number of thiocarbonyl (C=S) groups is 1. The molecular formula is C35H26N4O2S. The Balaban J connectivity index is 1.65. The molecule has 3 N–H and O–H groups in total. The highest BCUT2D eigenvalue weighted by atomic mass is 32.1. The average molecular weight is 567 g/mol. The van der Waals surface area contributed by atoms with E-state index in [1.54, 1.807) is 0 Å². The van der Waals surface area contributed by atoms with E-state index in [1.165, 1.54) is 0 Å². The summed E-state index contributed by atoms with van der Waals surface area (Å²) >= 11 is 5.32. The van der Waals surface area contributed by atoms with Crippen molar-refractivity contribution in [2.75, 3.05) is 0 Å². The standard InChI is InChI=1S/C35H26N4O2S/c40-32-35(33(41)37-34(42)36-32)28(23-15-7-2-8-16-23)26(21-22-13-5-1-6-14-22)31-27(29(35)24-17-9-3-10-18-24)30(38-39-31)25-19-11-4-12-20-25/h1-21,28-29H,(H,38,39)(H2,36,37,40,41,42)/b26-21-. The summed E-state index contributed by atoms with van der Waals surface area (Å²) in [5, 5.41) is 13.9. The zero-order valence-corrected chi connectivity index (χ0v) is 23.3. The van der Waals surface area contributed by atoms with Crippen LogP contribution in [0.2, 0.25) is 0 Å². The van der Waals surface area contributed by atoms with Gasteiger partial charge in [0.05, 0.1) is 11.4 Å². The van der Waals surface area contributed by atoms with Crippen LogP contribution in [0.1, 0.15) is 39.8 Å². The highest BCUT2D eigenvalue weighted by Crippen LogP contribution is 2.62. The number of nitrogens with zero attached hydrogens (tertiary/aromatic N) is 1. The molecule has 1 aromatic heterocycles. The molecule has 1 spiro atoms. The summed E-state index contributed by atoms with van der Waals surface area (Å²) in [6, 6.07) is 39.3. The Hall–Kier alpha value is -5.14. The van der Waals surface area contributed by atoms with Gasteiger partial charge in [-0.25, -0.2) is 0 Å². The van der Waals surface area contributed by atoms with Crippen LogP contribution in [-0.4, -0.2) is 27.1 Å². The Kier molecular flexibility index (Phi) is 6.36. The van der Waals surface area contributed by atoms with E-state index >= 15 is 0 Å². The van der Waals surface area contributed by atoms with E-state index in [0.29, 0.717) is 0 Å². The van der Waals surface area contributed by atoms with Gasteiger partial charge >= 0.3 is 0 Å². The molecule has 0 radical (unpaired) electrons. The third-order valence-electron chi connectivity index (χ3n) is 8.24. The van der Waals surface area contributed by atoms with Crippen molar-refractivity contribution in [1.29, 1.82) is 0 Å². The van der Waals surface area contributed by atoms with E-state index in [-0.39, 0.29) is 5.11 Å². The maximum absolute atomic E-state index is 14.6. The molecule has 2 atom stereocenters. The van der Waals surface area contributed by atoms with Crippen molar-refractivity contribution in [3.8, 4) is 11.3 Å². The number of carbonyl (C=O) groups is 2. The first-order chi connectivity index (χ1) is 20.6. The Bertz CT molecular complexity index is 1810. The number of carbonyl (C=O) groups excluding carboxylic acids is 2. The van der Waals surface area contributed by atoms with Crippen LogP contribution in [0, 0.1) is 5.41 Å². The van der Waals surface area contributed by atoms with Gasteiger partial charge in [-0.2, -0.15) is 5.10 Å². The van der Waals surface area contributed by atoms with Crippen LogP contribution < -0.4 is 10.6 Å². The van der Waals surface area contributed by atoms with Crippen LogP contribution in [0.3, 0.4) is 0 Å². The van der Waals surface area contributed by atoms with Crippen LogP contribution in [-0.2, 0) is 9.59 Å². The molecule has 204 valence electrons. The summed E-state index contributed by atoms with van der Waals surface area (Å²) in [6.07, 6.45) is 2.04. The van der Waals surface area contributed by atoms with Crippen LogP contribution in [0.4, 0.5) is 0 Å². The summed E-state index contributed by atoms with van der Waals surface area (Å²) in [5.74, 6) is -2.26. The molecule has 2 aliphatic rings. The molecule has 1 aliphatic heterocycles. The Labute approximate surface area is 248 Å². The molecule has 5 aromatic rings. The molecule has 1 aliphatic carbocycles. The van der Waals surface area contributed by atoms with Crippen molar-refractivity contribution in [2.24, 2.45) is 5.41 Å². The fraction of sp³-hybridized carbons (Fsp3) is 0.0857. The van der Waals surface area contributed by atoms with Gasteiger partial charge < -0.3 is 10.6 Å². The molecule has 2 heterocycles. The summed E-state index contributed by atoms with van der Waals surface area (Å²) in [6.45, 7) is 0. The number of nitrogens with one attached hydrogen (secondary N) is 3. The average Bonchev–Trinajstić information content (AvgIpc) is 3.46. The van der Waals surface area contributed by atoms with Gasteiger partial charge in [0.25, 0.3) is 0 Å². The smallest absolute Gasteiger partial charge is 0.243 e. The zero-order valence-electron chi connectivity index (χ0n) is 22.5. The molecular weight excluding hydrogens is 540 g/mol. The third kappa shape index (κ3) is 4.01. The van der Waals surface area contributed by atoms with E-state index in [4.69, 9.17) is 17.3 Å². The van der Waals surface area contributed by atoms with Crippen molar-refractivity contribution in [2.45, 2.75) is 11.8 Å². The molecule has 7 heteroatoms. The zero-order chi connectivity index (χ0) is 28.7. The van der Waals surface area contributed by atoms with Gasteiger partial charge in [0.2, 0.25) is 11.8 Å². The van der Waals surface area contributed by atoms with Crippen LogP contribution in [0.15, 0.2) is 121 Å². The highest BCUT2D eigenvalue weighted by Gasteiger charge is 2.65. The Morgan fingerprint density at radius 1 is 0.667 bits per heavy atom. The van der Waals surface area contributed by atoms with Crippen molar-refractivity contribution in [3.05, 3.63) is 149 Å². The number of aromatic amines is 1. The number of allylic oxidation sites excluding steroid dienone is 1. The minimum Gasteiger partial charge on any atom is -0.302 e. The lowest BCUT2D eigenvalue weighted by molar-refractivity contribution is -0.145. The molecule has 0 saturated carbocycles. The molecule has 42 heavy (non-hydrogen) atoms. The number of amides is 2. The molecule has 7 rings (SSSR count). The lowest BCUT2D eigenvalue weighted by Crippen LogP contribution is -2.67. The lowest BCUT2D eigenvalue weighted by Gasteiger charge is -2.49. The van der Waals surface area contributed by atoms with Gasteiger partial charge in [0.1, 0.15) is 0 Å². The predicted octanol–water partition coefficient (Wildman–Crippen LogP) is 6.06. The monoisotopic (exact) mass is 566 g/mol. The van der Waals surface area contributed by atoms with Gasteiger partial charge in [-0.05, 0) is 46.1 Å². The number of benzene rings is 4. The first-order valence-electron chi connectivity index (χ1n) is 13.8. The third-order valence-corrected chi connectivity index (χ3v) is 8.45. The van der Waals surface area contributed by atoms with Gasteiger partial charge in [-0.1, -0.05) is 121 Å². The van der Waals surface area contributed by atoms with Crippen molar-refractivity contribution in [1.82, 2.24) is 20.8 Å². The molecule has 6 nitrogen and oxygen atoms in total. The summed E-state index contributed by atoms with van der Waals surface area (Å²) in [7, 11) is 0. The lowest BCUT2D eigenvalue weighted by atomic mass is 9.52. The molecule has 4 aromatic carbocycles. The summed E-state index contributed by atoms with van der Waals surface area (Å²) in [4.78, 5) is 29.2. The molecule has 1 fully saturated rings. The number of hydrogen-bond acceptors (Lipinski definition) is 4. The van der Waals surface area contributed by atoms with Gasteiger partial charge in [-0.15, -0.1) is 0 Å². The van der Waals surface area contributed by atoms with Crippen LogP contribution in [0.25, 0.3) is 22.9 Å². The van der Waals surface area contributed by atoms with E-state index < -0.39 is 29.1 Å². The molecule has 0 bridgehead atoms. The SMILES string of the molecule is O=C1NC(=S)NC(=O)C12C(c1ccccc1)/C(=C/c1ccccc1)c1n[nH]c(-c3ccccc3)c1C2c1ccccc1. The minimum atomic E-state index is -1.63. The fourth-order valence-corrected chi connectivity index (χ4v) is 6.75. The van der Waals surface area contributed by atoms with Crippen molar-refractivity contribution in [3.63, 3.8) is 0 Å². The number of rotatable bonds is 4. The second kappa shape index (κ2) is 10.4. The first-order valence-corrected chi connectivity index (χ1v) is 14.2. The number of H-pyrrole nitrogens is 1. The molecule has 2 amide bonds. The molecule has 2 unspecified atom stereocenters. The number of fused-ring (bicyclic) bond motifs is 1. The number of hydrogen-bond donors (Lipinski definition) is 3. The minimum absolute atomic E-state index is 0.00381. The summed E-state index contributed by atoms with van der Waals surface area (Å²) < 4.78 is 0. The normalized spacial score (nSPS) is 20.2. The fourth-order valence-electron chi connectivity index (χ4n) is 6.57. The maximum atomic E-state index is 14.6. The van der Waals surface area contributed by atoms with Crippen LogP contribution in [0.5, 0.6) is 0 Å². The van der Waals surface area contributed by atoms with E-state index in [9.17, 15) is 9.59 Å². The second-order valence-corrected chi connectivity index (χ2v) is 10.9. The van der Waals surface area contributed by atoms with E-state index in [0.717, 1.165) is 44.8 Å². The van der Waals surface area contributed by atoms with Gasteiger partial charge in [-0.3, -0.25) is 14.7 Å². The van der Waals surface area contributed by atoms with E-state index in [2.05, 4.69) is 15.7 Å². The van der Waals surface area contributed by atoms with Crippen LogP contribution >= 0.6 is 12.2 Å². The predicted molar refractivity (Wildman–Crippen MR) is 167 cm³/mol. The van der Waals surface area contributed by atoms with Crippen molar-refractivity contribution < 1.29 is 9.59 Å². The maximum Gasteiger partial charge on any atom is 0.243 e. The van der Waals surface area contributed by atoms with Gasteiger partial charge in [0.15, 0.2) is 10.5 Å². The summed E-state index contributed by atoms with van der Waals surface area (Å²) in [5.41, 5.74) is 4.91. The second-order valence-electron chi connectivity index (χ2n) is 10.5. The van der Waals surface area contributed by atoms with Crippen molar-refractivity contribution >= 4 is 40.8 Å². The molecule has 1 saturated heterocycles. The topological polar surface area (TPSA) is 86.9 Å². The first kappa shape index (κ1) is 25.8. The highest BCUT2D eigenvalue weighted by molar-refractivity contribution is 7.80. The van der Waals surface area contributed by atoms with E-state index in [1.807, 2.05) is 127 Å². The number of aromatic nitrogens is 2. The quantitative estimate of drug-likeness (QED) is 0.182. The Morgan fingerprint density at radius 3 is 1.74 bits per heavy atom. The largest absolute Gasteiger partial charge is 0.302 e. The van der Waals surface area contributed by atoms with Gasteiger partial charge in [0, 0.05) is 17.4 Å². The Morgan fingerprint density at radius 2 is 1.17 bits per heavy atom.